The number of hydrogen-bond donors (Lipinski definition) is 0. The van der Waals surface area contributed by atoms with Crippen LogP contribution in [0.5, 0.6) is 0 Å². The smallest absolute Gasteiger partial charge is 0.306 e. The molecule has 0 saturated heterocycles. The number of ether oxygens (including phenoxy) is 2. The first-order valence-electron chi connectivity index (χ1n) is 20.0. The number of phosphoric acid groups is 1. The summed E-state index contributed by atoms with van der Waals surface area (Å²) in [4.78, 5) is 37.2. The molecule has 0 saturated carbocycles. The van der Waals surface area contributed by atoms with Crippen LogP contribution in [-0.4, -0.2) is 70.0 Å². The van der Waals surface area contributed by atoms with E-state index in [2.05, 4.69) is 74.6 Å². The second-order valence-corrected chi connectivity index (χ2v) is 15.7. The Balaban J connectivity index is 4.36. The quantitative estimate of drug-likeness (QED) is 0.0207. The molecule has 2 atom stereocenters. The highest BCUT2D eigenvalue weighted by Gasteiger charge is 2.21. The largest absolute Gasteiger partial charge is 0.756 e. The summed E-state index contributed by atoms with van der Waals surface area (Å²) in [5.41, 5.74) is 0. The molecule has 0 fully saturated rings. The first-order chi connectivity index (χ1) is 25.0. The number of likely N-dealkylation sites (N-methyl/N-ethyl adjacent to an activating group) is 1. The average molecular weight is 752 g/mol. The average Bonchev–Trinajstić information content (AvgIpc) is 3.09. The molecular weight excluding hydrogens is 677 g/mol. The molecule has 0 bridgehead atoms. The summed E-state index contributed by atoms with van der Waals surface area (Å²) >= 11 is 0. The zero-order chi connectivity index (χ0) is 38.6. The normalized spacial score (nSPS) is 14.3. The Hall–Kier alpha value is -2.29. The number of allylic oxidation sites excluding steroid dienone is 10. The molecule has 0 amide bonds. The van der Waals surface area contributed by atoms with E-state index in [1.165, 1.54) is 19.3 Å². The summed E-state index contributed by atoms with van der Waals surface area (Å²) in [7, 11) is 1.14. The Morgan fingerprint density at radius 1 is 0.615 bits per heavy atom. The molecule has 9 nitrogen and oxygen atoms in total. The van der Waals surface area contributed by atoms with E-state index in [1.54, 1.807) is 0 Å². The Bertz CT molecular complexity index is 1080. The minimum atomic E-state index is -4.62. The van der Waals surface area contributed by atoms with Crippen LogP contribution in [-0.2, 0) is 32.7 Å². The van der Waals surface area contributed by atoms with Crippen molar-refractivity contribution in [1.82, 2.24) is 0 Å². The topological polar surface area (TPSA) is 111 Å². The third kappa shape index (κ3) is 37.5. The highest BCUT2D eigenvalue weighted by molar-refractivity contribution is 7.45. The first kappa shape index (κ1) is 49.7. The molecule has 0 aromatic carbocycles. The lowest BCUT2D eigenvalue weighted by atomic mass is 10.1. The predicted molar refractivity (Wildman–Crippen MR) is 213 cm³/mol. The molecule has 10 heteroatoms. The van der Waals surface area contributed by atoms with Crippen LogP contribution >= 0.6 is 7.82 Å². The minimum absolute atomic E-state index is 0.0372. The highest BCUT2D eigenvalue weighted by Crippen LogP contribution is 2.38. The van der Waals surface area contributed by atoms with Gasteiger partial charge in [-0.25, -0.2) is 0 Å². The molecule has 300 valence electrons. The van der Waals surface area contributed by atoms with Gasteiger partial charge in [0.25, 0.3) is 7.82 Å². The van der Waals surface area contributed by atoms with Gasteiger partial charge < -0.3 is 27.9 Å². The Labute approximate surface area is 317 Å². The van der Waals surface area contributed by atoms with Crippen molar-refractivity contribution in [3.05, 3.63) is 60.8 Å². The Morgan fingerprint density at radius 2 is 1.10 bits per heavy atom. The molecular formula is C42H74NO8P. The lowest BCUT2D eigenvalue weighted by Gasteiger charge is -2.28. The monoisotopic (exact) mass is 752 g/mol. The molecule has 0 N–H and O–H groups in total. The molecule has 0 aromatic heterocycles. The zero-order valence-corrected chi connectivity index (χ0v) is 34.4. The number of esters is 2. The molecule has 0 aromatic rings. The fourth-order valence-corrected chi connectivity index (χ4v) is 5.64. The van der Waals surface area contributed by atoms with E-state index < -0.39 is 32.5 Å². The first-order valence-corrected chi connectivity index (χ1v) is 21.5. The number of carbonyl (C=O) groups is 2. The van der Waals surface area contributed by atoms with Crippen LogP contribution in [0.2, 0.25) is 0 Å². The van der Waals surface area contributed by atoms with Crippen LogP contribution in [0.15, 0.2) is 60.8 Å². The van der Waals surface area contributed by atoms with Crippen LogP contribution in [0.3, 0.4) is 0 Å². The van der Waals surface area contributed by atoms with Gasteiger partial charge in [0.1, 0.15) is 19.8 Å². The summed E-state index contributed by atoms with van der Waals surface area (Å²) < 4.78 is 33.7. The van der Waals surface area contributed by atoms with Gasteiger partial charge >= 0.3 is 11.9 Å². The van der Waals surface area contributed by atoms with Crippen molar-refractivity contribution in [1.29, 1.82) is 0 Å². The SMILES string of the molecule is CC/C=C\C/C=C\C/C=C\C/C=C\C/C=C\CCCCCCCC(=O)OC(COC(=O)CCCCCCCCC)COP(=O)([O-])OCC[N+](C)(C)C. The third-order valence-corrected chi connectivity index (χ3v) is 9.02. The third-order valence-electron chi connectivity index (χ3n) is 8.05. The van der Waals surface area contributed by atoms with Crippen molar-refractivity contribution in [2.24, 2.45) is 0 Å². The van der Waals surface area contributed by atoms with Crippen molar-refractivity contribution >= 4 is 19.8 Å². The molecule has 0 heterocycles. The maximum atomic E-state index is 12.6. The van der Waals surface area contributed by atoms with Gasteiger partial charge in [-0.1, -0.05) is 132 Å². The zero-order valence-electron chi connectivity index (χ0n) is 33.5. The molecule has 2 unspecified atom stereocenters. The summed E-state index contributed by atoms with van der Waals surface area (Å²) in [6.07, 6.45) is 39.8. The second-order valence-electron chi connectivity index (χ2n) is 14.3. The standard InChI is InChI=1S/C42H74NO8P/c1-6-8-10-12-14-15-16-17-18-19-20-21-22-23-24-25-26-27-29-31-33-35-42(45)51-40(39-50-52(46,47)49-37-36-43(3,4)5)38-48-41(44)34-32-30-28-13-11-9-7-2/h8,10,14-15,17-18,20-21,23-24,40H,6-7,9,11-13,16,19,22,25-39H2,1-5H3/b10-8-,15-14-,18-17-,21-20-,24-23-. The van der Waals surface area contributed by atoms with Crippen LogP contribution in [0.25, 0.3) is 0 Å². The maximum absolute atomic E-state index is 12.6. The molecule has 0 radical (unpaired) electrons. The number of hydrogen-bond acceptors (Lipinski definition) is 8. The molecule has 0 aliphatic carbocycles. The van der Waals surface area contributed by atoms with Gasteiger partial charge in [0, 0.05) is 12.8 Å². The van der Waals surface area contributed by atoms with Crippen molar-refractivity contribution < 1.29 is 42.1 Å². The summed E-state index contributed by atoms with van der Waals surface area (Å²) in [6, 6.07) is 0. The fraction of sp³-hybridized carbons (Fsp3) is 0.714. The van der Waals surface area contributed by atoms with E-state index >= 15 is 0 Å². The Morgan fingerprint density at radius 3 is 1.63 bits per heavy atom. The van der Waals surface area contributed by atoms with Crippen molar-refractivity contribution in [3.63, 3.8) is 0 Å². The molecule has 52 heavy (non-hydrogen) atoms. The second kappa shape index (κ2) is 34.5. The van der Waals surface area contributed by atoms with E-state index in [4.69, 9.17) is 18.5 Å². The number of carbonyl (C=O) groups excluding carboxylic acids is 2. The molecule has 0 aliphatic rings. The van der Waals surface area contributed by atoms with Gasteiger partial charge in [-0.05, 0) is 57.8 Å². The number of quaternary nitrogens is 1. The van der Waals surface area contributed by atoms with E-state index in [9.17, 15) is 19.0 Å². The predicted octanol–water partition coefficient (Wildman–Crippen LogP) is 10.3. The van der Waals surface area contributed by atoms with E-state index in [-0.39, 0.29) is 26.1 Å². The molecule has 0 aliphatic heterocycles. The van der Waals surface area contributed by atoms with Crippen LogP contribution in [0.4, 0.5) is 0 Å². The molecule has 0 spiro atoms. The fourth-order valence-electron chi connectivity index (χ4n) is 4.91. The maximum Gasteiger partial charge on any atom is 0.306 e. The molecule has 0 rings (SSSR count). The van der Waals surface area contributed by atoms with E-state index in [0.717, 1.165) is 89.9 Å². The summed E-state index contributed by atoms with van der Waals surface area (Å²) in [6.45, 7) is 4.01. The Kier molecular flexibility index (Phi) is 33.0. The summed E-state index contributed by atoms with van der Waals surface area (Å²) in [5, 5.41) is 0. The van der Waals surface area contributed by atoms with Crippen molar-refractivity contribution in [2.45, 2.75) is 148 Å². The van der Waals surface area contributed by atoms with Gasteiger partial charge in [-0.3, -0.25) is 14.2 Å². The number of unbranched alkanes of at least 4 members (excludes halogenated alkanes) is 11. The van der Waals surface area contributed by atoms with Crippen molar-refractivity contribution in [2.75, 3.05) is 47.5 Å². The van der Waals surface area contributed by atoms with Crippen LogP contribution < -0.4 is 4.89 Å². The number of rotatable bonds is 35. The van der Waals surface area contributed by atoms with Crippen LogP contribution in [0, 0.1) is 0 Å². The van der Waals surface area contributed by atoms with Gasteiger partial charge in [0.2, 0.25) is 0 Å². The van der Waals surface area contributed by atoms with Gasteiger partial charge in [0.05, 0.1) is 27.7 Å². The van der Waals surface area contributed by atoms with Gasteiger partial charge in [-0.2, -0.15) is 0 Å². The van der Waals surface area contributed by atoms with Gasteiger partial charge in [-0.15, -0.1) is 0 Å². The lowest BCUT2D eigenvalue weighted by Crippen LogP contribution is -2.37. The van der Waals surface area contributed by atoms with E-state index in [1.807, 2.05) is 21.1 Å². The van der Waals surface area contributed by atoms with Gasteiger partial charge in [0.15, 0.2) is 6.10 Å². The number of phosphoric ester groups is 1. The minimum Gasteiger partial charge on any atom is -0.756 e. The lowest BCUT2D eigenvalue weighted by molar-refractivity contribution is -0.870. The summed E-state index contributed by atoms with van der Waals surface area (Å²) in [5.74, 6) is -0.870. The number of nitrogens with zero attached hydrogens (tertiary/aromatic N) is 1. The van der Waals surface area contributed by atoms with Crippen molar-refractivity contribution in [3.8, 4) is 0 Å². The van der Waals surface area contributed by atoms with Crippen LogP contribution in [0.1, 0.15) is 142 Å². The highest BCUT2D eigenvalue weighted by atomic mass is 31.2. The van der Waals surface area contributed by atoms with E-state index in [0.29, 0.717) is 17.4 Å².